The number of rotatable bonds is 17. The summed E-state index contributed by atoms with van der Waals surface area (Å²) in [6, 6.07) is -4.57. The monoisotopic (exact) mass is 519 g/mol. The van der Waals surface area contributed by atoms with E-state index in [9.17, 15) is 29.4 Å². The summed E-state index contributed by atoms with van der Waals surface area (Å²) in [5.41, 5.74) is 16.6. The van der Waals surface area contributed by atoms with Gasteiger partial charge in [-0.1, -0.05) is 20.3 Å². The average molecular weight is 520 g/mol. The third kappa shape index (κ3) is 12.6. The molecule has 0 rings (SSSR count). The number of hydrogen-bond acceptors (Lipinski definition) is 8. The second-order valence-electron chi connectivity index (χ2n) is 8.33. The standard InChI is InChI=1S/C21H41N7O6S/c1-5-11(2)15(22)18(31)26-13(7-6-9-25-21(23)24)17(30)28-16(12(3)29)19(32)27-14(20(33)34)8-10-35-4/h11-16,29H,5-10,22H2,1-4H3,(H,26,31)(H,27,32)(H,28,30)(H,33,34)(H4,23,24,25). The highest BCUT2D eigenvalue weighted by Crippen LogP contribution is 2.08. The van der Waals surface area contributed by atoms with Crippen LogP contribution < -0.4 is 33.2 Å². The smallest absolute Gasteiger partial charge is 0.326 e. The van der Waals surface area contributed by atoms with Gasteiger partial charge < -0.3 is 43.4 Å². The number of carbonyl (C=O) groups excluding carboxylic acids is 3. The van der Waals surface area contributed by atoms with Crippen LogP contribution >= 0.6 is 11.8 Å². The van der Waals surface area contributed by atoms with Crippen LogP contribution in [0.3, 0.4) is 0 Å². The van der Waals surface area contributed by atoms with Crippen LogP contribution in [0, 0.1) is 5.92 Å². The summed E-state index contributed by atoms with van der Waals surface area (Å²) in [4.78, 5) is 53.6. The zero-order chi connectivity index (χ0) is 27.1. The second-order valence-corrected chi connectivity index (χ2v) is 9.31. The Hall–Kier alpha value is -2.58. The highest BCUT2D eigenvalue weighted by atomic mass is 32.2. The number of carboxylic acid groups (broad SMARTS) is 1. The predicted octanol–water partition coefficient (Wildman–Crippen LogP) is -1.91. The highest BCUT2D eigenvalue weighted by Gasteiger charge is 2.33. The molecule has 6 atom stereocenters. The number of carboxylic acids is 1. The van der Waals surface area contributed by atoms with E-state index in [1.54, 1.807) is 6.26 Å². The van der Waals surface area contributed by atoms with E-state index >= 15 is 0 Å². The van der Waals surface area contributed by atoms with E-state index in [4.69, 9.17) is 17.2 Å². The fourth-order valence-electron chi connectivity index (χ4n) is 2.97. The molecular weight excluding hydrogens is 478 g/mol. The zero-order valence-electron chi connectivity index (χ0n) is 20.8. The minimum Gasteiger partial charge on any atom is -0.480 e. The molecule has 0 saturated carbocycles. The first-order chi connectivity index (χ1) is 16.3. The van der Waals surface area contributed by atoms with Gasteiger partial charge in [-0.3, -0.25) is 19.4 Å². The Kier molecular flexibility index (Phi) is 15.7. The number of aliphatic carboxylic acids is 1. The number of aliphatic hydroxyl groups is 1. The third-order valence-electron chi connectivity index (χ3n) is 5.43. The van der Waals surface area contributed by atoms with Gasteiger partial charge in [-0.2, -0.15) is 11.8 Å². The minimum absolute atomic E-state index is 0.117. The largest absolute Gasteiger partial charge is 0.480 e. The number of nitrogens with one attached hydrogen (secondary N) is 3. The zero-order valence-corrected chi connectivity index (χ0v) is 21.6. The molecule has 0 aliphatic carbocycles. The lowest BCUT2D eigenvalue weighted by atomic mass is 9.98. The van der Waals surface area contributed by atoms with E-state index in [-0.39, 0.29) is 31.3 Å². The highest BCUT2D eigenvalue weighted by molar-refractivity contribution is 7.98. The second kappa shape index (κ2) is 16.9. The van der Waals surface area contributed by atoms with E-state index < -0.39 is 54.0 Å². The van der Waals surface area contributed by atoms with Crippen molar-refractivity contribution in [2.45, 2.75) is 76.7 Å². The Morgan fingerprint density at radius 3 is 2.06 bits per heavy atom. The lowest BCUT2D eigenvalue weighted by molar-refractivity contribution is -0.143. The van der Waals surface area contributed by atoms with Crippen molar-refractivity contribution in [2.24, 2.45) is 28.1 Å². The van der Waals surface area contributed by atoms with Crippen LogP contribution in [0.4, 0.5) is 0 Å². The van der Waals surface area contributed by atoms with E-state index in [0.717, 1.165) is 0 Å². The quantitative estimate of drug-likeness (QED) is 0.0602. The molecule has 0 aromatic carbocycles. The molecule has 13 nitrogen and oxygen atoms in total. The first-order valence-electron chi connectivity index (χ1n) is 11.5. The summed E-state index contributed by atoms with van der Waals surface area (Å²) in [5.74, 6) is -3.13. The number of thioether (sulfide) groups is 1. The Balaban J connectivity index is 5.53. The molecule has 0 aromatic heterocycles. The molecule has 202 valence electrons. The summed E-state index contributed by atoms with van der Waals surface area (Å²) in [5, 5.41) is 26.8. The number of aliphatic hydroxyl groups excluding tert-OH is 1. The minimum atomic E-state index is -1.45. The summed E-state index contributed by atoms with van der Waals surface area (Å²) in [6.07, 6.45) is 1.74. The summed E-state index contributed by atoms with van der Waals surface area (Å²) in [7, 11) is 0. The van der Waals surface area contributed by atoms with Gasteiger partial charge in [-0.25, -0.2) is 4.79 Å². The summed E-state index contributed by atoms with van der Waals surface area (Å²) < 4.78 is 0. The maximum absolute atomic E-state index is 13.0. The molecular formula is C21H41N7O6S. The lowest BCUT2D eigenvalue weighted by Gasteiger charge is -2.27. The first-order valence-corrected chi connectivity index (χ1v) is 12.9. The van der Waals surface area contributed by atoms with Crippen molar-refractivity contribution in [1.29, 1.82) is 0 Å². The number of nitrogens with zero attached hydrogens (tertiary/aromatic N) is 1. The molecule has 6 unspecified atom stereocenters. The van der Waals surface area contributed by atoms with Gasteiger partial charge in [-0.05, 0) is 44.1 Å². The van der Waals surface area contributed by atoms with Gasteiger partial charge in [0.15, 0.2) is 5.96 Å². The van der Waals surface area contributed by atoms with Crippen molar-refractivity contribution in [1.82, 2.24) is 16.0 Å². The third-order valence-corrected chi connectivity index (χ3v) is 6.07. The molecule has 0 fully saturated rings. The fraction of sp³-hybridized carbons (Fsp3) is 0.762. The molecule has 0 heterocycles. The molecule has 35 heavy (non-hydrogen) atoms. The van der Waals surface area contributed by atoms with Crippen molar-refractivity contribution < 1.29 is 29.4 Å². The number of nitrogens with two attached hydrogens (primary N) is 3. The van der Waals surface area contributed by atoms with Crippen LogP contribution in [-0.2, 0) is 19.2 Å². The van der Waals surface area contributed by atoms with Crippen molar-refractivity contribution in [2.75, 3.05) is 18.6 Å². The van der Waals surface area contributed by atoms with Crippen LogP contribution in [0.2, 0.25) is 0 Å². The number of amides is 3. The van der Waals surface area contributed by atoms with Gasteiger partial charge >= 0.3 is 5.97 Å². The van der Waals surface area contributed by atoms with Crippen LogP contribution in [0.1, 0.15) is 46.5 Å². The Bertz CT molecular complexity index is 733. The van der Waals surface area contributed by atoms with Crippen LogP contribution in [0.5, 0.6) is 0 Å². The first kappa shape index (κ1) is 32.4. The van der Waals surface area contributed by atoms with Crippen molar-refractivity contribution in [3.8, 4) is 0 Å². The molecule has 0 spiro atoms. The Morgan fingerprint density at radius 2 is 1.57 bits per heavy atom. The average Bonchev–Trinajstić information content (AvgIpc) is 2.79. The molecule has 0 saturated heterocycles. The molecule has 0 bridgehead atoms. The van der Waals surface area contributed by atoms with Crippen molar-refractivity contribution in [3.63, 3.8) is 0 Å². The lowest BCUT2D eigenvalue weighted by Crippen LogP contribution is -2.60. The van der Waals surface area contributed by atoms with E-state index in [0.29, 0.717) is 18.6 Å². The summed E-state index contributed by atoms with van der Waals surface area (Å²) >= 11 is 1.42. The van der Waals surface area contributed by atoms with Crippen molar-refractivity contribution >= 4 is 41.4 Å². The van der Waals surface area contributed by atoms with E-state index in [1.165, 1.54) is 18.7 Å². The number of hydrogen-bond donors (Lipinski definition) is 8. The van der Waals surface area contributed by atoms with Gasteiger partial charge in [0.1, 0.15) is 18.1 Å². The molecule has 0 aliphatic heterocycles. The predicted molar refractivity (Wildman–Crippen MR) is 135 cm³/mol. The van der Waals surface area contributed by atoms with Crippen LogP contribution in [0.25, 0.3) is 0 Å². The Labute approximate surface area is 210 Å². The maximum atomic E-state index is 13.0. The summed E-state index contributed by atoms with van der Waals surface area (Å²) in [6.45, 7) is 5.18. The van der Waals surface area contributed by atoms with E-state index in [1.807, 2.05) is 13.8 Å². The molecule has 3 amide bonds. The number of aliphatic imine (C=N–C) groups is 1. The fourth-order valence-corrected chi connectivity index (χ4v) is 3.44. The van der Waals surface area contributed by atoms with Crippen LogP contribution in [0.15, 0.2) is 4.99 Å². The van der Waals surface area contributed by atoms with E-state index in [2.05, 4.69) is 20.9 Å². The molecule has 0 radical (unpaired) electrons. The van der Waals surface area contributed by atoms with Gasteiger partial charge in [0.2, 0.25) is 17.7 Å². The van der Waals surface area contributed by atoms with Crippen molar-refractivity contribution in [3.05, 3.63) is 0 Å². The molecule has 14 heteroatoms. The number of guanidine groups is 1. The van der Waals surface area contributed by atoms with Gasteiger partial charge in [-0.15, -0.1) is 0 Å². The maximum Gasteiger partial charge on any atom is 0.326 e. The Morgan fingerprint density at radius 1 is 0.971 bits per heavy atom. The SMILES string of the molecule is CCC(C)C(N)C(=O)NC(CCCN=C(N)N)C(=O)NC(C(=O)NC(CCSC)C(=O)O)C(C)O. The topological polar surface area (TPSA) is 235 Å². The number of carbonyl (C=O) groups is 4. The molecule has 0 aliphatic rings. The van der Waals surface area contributed by atoms with Crippen LogP contribution in [-0.4, -0.2) is 88.7 Å². The molecule has 11 N–H and O–H groups in total. The normalized spacial score (nSPS) is 16.1. The van der Waals surface area contributed by atoms with Gasteiger partial charge in [0.05, 0.1) is 12.1 Å². The van der Waals surface area contributed by atoms with Gasteiger partial charge in [0.25, 0.3) is 0 Å². The molecule has 0 aromatic rings. The van der Waals surface area contributed by atoms with Gasteiger partial charge in [0, 0.05) is 6.54 Å².